The van der Waals surface area contributed by atoms with Crippen molar-refractivity contribution in [3.05, 3.63) is 23.8 Å². The van der Waals surface area contributed by atoms with Crippen molar-refractivity contribution in [2.75, 3.05) is 29.9 Å². The molecule has 0 amide bonds. The fourth-order valence-corrected chi connectivity index (χ4v) is 3.11. The van der Waals surface area contributed by atoms with Crippen molar-refractivity contribution in [2.45, 2.75) is 39.5 Å². The van der Waals surface area contributed by atoms with E-state index in [2.05, 4.69) is 42.3 Å². The van der Waals surface area contributed by atoms with Gasteiger partial charge in [0.1, 0.15) is 0 Å². The summed E-state index contributed by atoms with van der Waals surface area (Å²) in [6, 6.07) is 6.79. The van der Waals surface area contributed by atoms with E-state index < -0.39 is 0 Å². The van der Waals surface area contributed by atoms with E-state index in [0.717, 1.165) is 6.54 Å². The van der Waals surface area contributed by atoms with Gasteiger partial charge in [-0.15, -0.1) is 0 Å². The summed E-state index contributed by atoms with van der Waals surface area (Å²) in [5, 5.41) is 3.61. The first-order chi connectivity index (χ1) is 8.66. The highest BCUT2D eigenvalue weighted by Gasteiger charge is 2.27. The minimum absolute atomic E-state index is 0.527. The second-order valence-electron chi connectivity index (χ2n) is 6.49. The monoisotopic (exact) mass is 244 g/mol. The fourth-order valence-electron chi connectivity index (χ4n) is 3.11. The van der Waals surface area contributed by atoms with Crippen LogP contribution < -0.4 is 10.2 Å². The van der Waals surface area contributed by atoms with Gasteiger partial charge in [-0.1, -0.05) is 26.0 Å². The highest BCUT2D eigenvalue weighted by molar-refractivity contribution is 5.74. The number of benzene rings is 1. The number of rotatable bonds is 1. The molecule has 2 aliphatic rings. The number of aryl methyl sites for hydroxylation is 1. The second kappa shape index (κ2) is 4.49. The number of hydrogen-bond donors (Lipinski definition) is 1. The standard InChI is InChI=1S/C16H24N2/c1-16(2)8-11-18(12-9-16)14-7-3-5-13-6-4-10-17-15(13)14/h3,5,7,17H,4,6,8-12H2,1-2H3. The molecule has 1 aromatic rings. The Morgan fingerprint density at radius 3 is 2.72 bits per heavy atom. The number of piperidine rings is 1. The van der Waals surface area contributed by atoms with E-state index >= 15 is 0 Å². The first-order valence-corrected chi connectivity index (χ1v) is 7.26. The smallest absolute Gasteiger partial charge is 0.0610 e. The van der Waals surface area contributed by atoms with Crippen LogP contribution in [-0.4, -0.2) is 19.6 Å². The van der Waals surface area contributed by atoms with Gasteiger partial charge in [-0.25, -0.2) is 0 Å². The largest absolute Gasteiger partial charge is 0.383 e. The molecule has 98 valence electrons. The number of anilines is 2. The van der Waals surface area contributed by atoms with Gasteiger partial charge in [-0.05, 0) is 42.7 Å². The molecule has 0 atom stereocenters. The van der Waals surface area contributed by atoms with Crippen molar-refractivity contribution in [1.82, 2.24) is 0 Å². The van der Waals surface area contributed by atoms with Gasteiger partial charge in [0.2, 0.25) is 0 Å². The fraction of sp³-hybridized carbons (Fsp3) is 0.625. The zero-order valence-corrected chi connectivity index (χ0v) is 11.6. The van der Waals surface area contributed by atoms with Crippen molar-refractivity contribution in [2.24, 2.45) is 5.41 Å². The van der Waals surface area contributed by atoms with Gasteiger partial charge in [0, 0.05) is 19.6 Å². The third-order valence-electron chi connectivity index (χ3n) is 4.51. The molecular weight excluding hydrogens is 220 g/mol. The minimum Gasteiger partial charge on any atom is -0.383 e. The molecule has 2 aliphatic heterocycles. The van der Waals surface area contributed by atoms with Crippen LogP contribution in [0.15, 0.2) is 18.2 Å². The summed E-state index contributed by atoms with van der Waals surface area (Å²) in [6.07, 6.45) is 5.10. The van der Waals surface area contributed by atoms with Crippen molar-refractivity contribution < 1.29 is 0 Å². The first kappa shape index (κ1) is 11.9. The van der Waals surface area contributed by atoms with E-state index in [1.54, 1.807) is 0 Å². The van der Waals surface area contributed by atoms with E-state index in [9.17, 15) is 0 Å². The molecule has 0 saturated carbocycles. The van der Waals surface area contributed by atoms with E-state index in [1.165, 1.54) is 55.7 Å². The van der Waals surface area contributed by atoms with Gasteiger partial charge in [0.15, 0.2) is 0 Å². The van der Waals surface area contributed by atoms with Crippen molar-refractivity contribution in [1.29, 1.82) is 0 Å². The molecular formula is C16H24N2. The Balaban J connectivity index is 1.85. The first-order valence-electron chi connectivity index (χ1n) is 7.26. The summed E-state index contributed by atoms with van der Waals surface area (Å²) in [5.41, 5.74) is 4.87. The summed E-state index contributed by atoms with van der Waals surface area (Å²) < 4.78 is 0. The summed E-state index contributed by atoms with van der Waals surface area (Å²) in [7, 11) is 0. The van der Waals surface area contributed by atoms with Gasteiger partial charge < -0.3 is 10.2 Å². The van der Waals surface area contributed by atoms with Gasteiger partial charge in [-0.3, -0.25) is 0 Å². The Morgan fingerprint density at radius 2 is 1.94 bits per heavy atom. The van der Waals surface area contributed by atoms with Gasteiger partial charge >= 0.3 is 0 Å². The molecule has 2 heteroatoms. The van der Waals surface area contributed by atoms with Crippen molar-refractivity contribution in [3.63, 3.8) is 0 Å². The maximum Gasteiger partial charge on any atom is 0.0610 e. The Bertz CT molecular complexity index is 427. The Morgan fingerprint density at radius 1 is 1.17 bits per heavy atom. The van der Waals surface area contributed by atoms with Crippen LogP contribution in [0.25, 0.3) is 0 Å². The van der Waals surface area contributed by atoms with Crippen molar-refractivity contribution >= 4 is 11.4 Å². The predicted octanol–water partition coefficient (Wildman–Crippen LogP) is 3.67. The molecule has 0 aliphatic carbocycles. The minimum atomic E-state index is 0.527. The number of hydrogen-bond acceptors (Lipinski definition) is 2. The lowest BCUT2D eigenvalue weighted by Crippen LogP contribution is -2.38. The molecule has 0 spiro atoms. The molecule has 1 aromatic carbocycles. The van der Waals surface area contributed by atoms with Crippen LogP contribution in [-0.2, 0) is 6.42 Å². The van der Waals surface area contributed by atoms with Crippen LogP contribution >= 0.6 is 0 Å². The van der Waals surface area contributed by atoms with E-state index in [4.69, 9.17) is 0 Å². The zero-order chi connectivity index (χ0) is 12.6. The quantitative estimate of drug-likeness (QED) is 0.811. The Hall–Kier alpha value is -1.18. The SMILES string of the molecule is CC1(C)CCN(c2cccc3c2NCCC3)CC1. The van der Waals surface area contributed by atoms with E-state index in [-0.39, 0.29) is 0 Å². The van der Waals surface area contributed by atoms with E-state index in [1.807, 2.05) is 0 Å². The van der Waals surface area contributed by atoms with Crippen LogP contribution in [0.1, 0.15) is 38.7 Å². The topological polar surface area (TPSA) is 15.3 Å². The lowest BCUT2D eigenvalue weighted by atomic mass is 9.82. The molecule has 2 heterocycles. The van der Waals surface area contributed by atoms with Crippen LogP contribution in [0, 0.1) is 5.41 Å². The van der Waals surface area contributed by atoms with Gasteiger partial charge in [0.05, 0.1) is 11.4 Å². The number of fused-ring (bicyclic) bond motifs is 1. The third kappa shape index (κ3) is 2.21. The molecule has 0 aromatic heterocycles. The van der Waals surface area contributed by atoms with Crippen molar-refractivity contribution in [3.8, 4) is 0 Å². The summed E-state index contributed by atoms with van der Waals surface area (Å²) >= 11 is 0. The Labute approximate surface area is 110 Å². The lowest BCUT2D eigenvalue weighted by molar-refractivity contribution is 0.280. The molecule has 0 radical (unpaired) electrons. The van der Waals surface area contributed by atoms with E-state index in [0.29, 0.717) is 5.41 Å². The van der Waals surface area contributed by atoms with Gasteiger partial charge in [0.25, 0.3) is 0 Å². The maximum atomic E-state index is 3.61. The predicted molar refractivity (Wildman–Crippen MR) is 78.5 cm³/mol. The molecule has 3 rings (SSSR count). The average Bonchev–Trinajstić information content (AvgIpc) is 2.38. The molecule has 1 saturated heterocycles. The summed E-state index contributed by atoms with van der Waals surface area (Å²) in [6.45, 7) is 8.31. The summed E-state index contributed by atoms with van der Waals surface area (Å²) in [5.74, 6) is 0. The highest BCUT2D eigenvalue weighted by atomic mass is 15.2. The average molecular weight is 244 g/mol. The summed E-state index contributed by atoms with van der Waals surface area (Å²) in [4.78, 5) is 2.57. The molecule has 1 N–H and O–H groups in total. The zero-order valence-electron chi connectivity index (χ0n) is 11.6. The number of para-hydroxylation sites is 1. The third-order valence-corrected chi connectivity index (χ3v) is 4.51. The molecule has 1 fully saturated rings. The number of nitrogens with zero attached hydrogens (tertiary/aromatic N) is 1. The maximum absolute atomic E-state index is 3.61. The normalized spacial score (nSPS) is 22.2. The highest BCUT2D eigenvalue weighted by Crippen LogP contribution is 2.37. The van der Waals surface area contributed by atoms with Crippen LogP contribution in [0.3, 0.4) is 0 Å². The van der Waals surface area contributed by atoms with Crippen LogP contribution in [0.4, 0.5) is 11.4 Å². The van der Waals surface area contributed by atoms with Crippen LogP contribution in [0.5, 0.6) is 0 Å². The lowest BCUT2D eigenvalue weighted by Gasteiger charge is -2.39. The molecule has 0 bridgehead atoms. The Kier molecular flexibility index (Phi) is 2.96. The molecule has 0 unspecified atom stereocenters. The molecule has 18 heavy (non-hydrogen) atoms. The molecule has 2 nitrogen and oxygen atoms in total. The number of nitrogens with one attached hydrogen (secondary N) is 1. The van der Waals surface area contributed by atoms with Gasteiger partial charge in [-0.2, -0.15) is 0 Å². The van der Waals surface area contributed by atoms with Crippen LogP contribution in [0.2, 0.25) is 0 Å². The second-order valence-corrected chi connectivity index (χ2v) is 6.49.